The first kappa shape index (κ1) is 15.1. The standard InChI is InChI=1S/C13H17N3O2S2/c1-4-10-6-15-13(19-7-11(17)18)16(10)9(3)12-14-5-8(2)20-12/h5-6,9H,4,7H2,1-3H3,(H,17,18). The molecule has 1 unspecified atom stereocenters. The van der Waals surface area contributed by atoms with E-state index in [9.17, 15) is 4.79 Å². The van der Waals surface area contributed by atoms with Crippen molar-refractivity contribution in [3.05, 3.63) is 28.0 Å². The van der Waals surface area contributed by atoms with Crippen molar-refractivity contribution in [2.45, 2.75) is 38.4 Å². The first-order valence-electron chi connectivity index (χ1n) is 6.36. The minimum atomic E-state index is -0.833. The third-order valence-corrected chi connectivity index (χ3v) is 4.94. The van der Waals surface area contributed by atoms with Crippen LogP contribution in [0.15, 0.2) is 17.6 Å². The van der Waals surface area contributed by atoms with Crippen LogP contribution in [0.3, 0.4) is 0 Å². The second-order valence-electron chi connectivity index (χ2n) is 4.42. The number of aliphatic carboxylic acids is 1. The van der Waals surface area contributed by atoms with Crippen molar-refractivity contribution in [2.24, 2.45) is 0 Å². The van der Waals surface area contributed by atoms with Crippen LogP contribution in [0.1, 0.15) is 35.5 Å². The lowest BCUT2D eigenvalue weighted by Gasteiger charge is -2.16. The normalized spacial score (nSPS) is 12.6. The lowest BCUT2D eigenvalue weighted by molar-refractivity contribution is -0.133. The highest BCUT2D eigenvalue weighted by molar-refractivity contribution is 7.99. The molecule has 0 aliphatic carbocycles. The van der Waals surface area contributed by atoms with E-state index in [1.54, 1.807) is 11.3 Å². The quantitative estimate of drug-likeness (QED) is 0.831. The number of nitrogens with zero attached hydrogens (tertiary/aromatic N) is 3. The predicted molar refractivity (Wildman–Crippen MR) is 80.6 cm³/mol. The van der Waals surface area contributed by atoms with Crippen LogP contribution >= 0.6 is 23.1 Å². The number of hydrogen-bond donors (Lipinski definition) is 1. The van der Waals surface area contributed by atoms with Gasteiger partial charge in [0.2, 0.25) is 0 Å². The van der Waals surface area contributed by atoms with Gasteiger partial charge >= 0.3 is 5.97 Å². The van der Waals surface area contributed by atoms with E-state index in [1.807, 2.05) is 19.3 Å². The van der Waals surface area contributed by atoms with Gasteiger partial charge in [0.25, 0.3) is 0 Å². The fourth-order valence-electron chi connectivity index (χ4n) is 1.96. The summed E-state index contributed by atoms with van der Waals surface area (Å²) in [5.41, 5.74) is 1.10. The minimum absolute atomic E-state index is 0.0176. The van der Waals surface area contributed by atoms with Gasteiger partial charge in [0, 0.05) is 23.0 Å². The fraction of sp³-hybridized carbons (Fsp3) is 0.462. The van der Waals surface area contributed by atoms with Crippen molar-refractivity contribution in [2.75, 3.05) is 5.75 Å². The Morgan fingerprint density at radius 3 is 2.80 bits per heavy atom. The van der Waals surface area contributed by atoms with Crippen molar-refractivity contribution in [1.29, 1.82) is 0 Å². The summed E-state index contributed by atoms with van der Waals surface area (Å²) in [5.74, 6) is -0.815. The van der Waals surface area contributed by atoms with Crippen LogP contribution in [-0.2, 0) is 11.2 Å². The summed E-state index contributed by atoms with van der Waals surface area (Å²) in [7, 11) is 0. The van der Waals surface area contributed by atoms with Crippen LogP contribution in [0.5, 0.6) is 0 Å². The summed E-state index contributed by atoms with van der Waals surface area (Å²) in [5, 5.41) is 10.6. The monoisotopic (exact) mass is 311 g/mol. The molecule has 0 fully saturated rings. The second kappa shape index (κ2) is 6.41. The van der Waals surface area contributed by atoms with Crippen LogP contribution in [0.25, 0.3) is 0 Å². The summed E-state index contributed by atoms with van der Waals surface area (Å²) in [6.07, 6.45) is 4.54. The Morgan fingerprint density at radius 1 is 1.50 bits per heavy atom. The topological polar surface area (TPSA) is 68.0 Å². The zero-order valence-electron chi connectivity index (χ0n) is 11.7. The second-order valence-corrected chi connectivity index (χ2v) is 6.63. The number of hydrogen-bond acceptors (Lipinski definition) is 5. The molecule has 0 aliphatic heterocycles. The smallest absolute Gasteiger partial charge is 0.313 e. The van der Waals surface area contributed by atoms with Crippen LogP contribution in [-0.4, -0.2) is 31.4 Å². The van der Waals surface area contributed by atoms with E-state index in [4.69, 9.17) is 5.11 Å². The SMILES string of the molecule is CCc1cnc(SCC(=O)O)n1C(C)c1ncc(C)s1. The van der Waals surface area contributed by atoms with E-state index in [-0.39, 0.29) is 11.8 Å². The molecule has 0 radical (unpaired) electrons. The van der Waals surface area contributed by atoms with Gasteiger partial charge in [-0.15, -0.1) is 11.3 Å². The van der Waals surface area contributed by atoms with Gasteiger partial charge in [0.05, 0.1) is 11.8 Å². The fourth-order valence-corrected chi connectivity index (χ4v) is 3.57. The van der Waals surface area contributed by atoms with E-state index in [0.29, 0.717) is 0 Å². The van der Waals surface area contributed by atoms with E-state index < -0.39 is 5.97 Å². The average molecular weight is 311 g/mol. The number of rotatable bonds is 6. The number of imidazole rings is 1. The Morgan fingerprint density at radius 2 is 2.25 bits per heavy atom. The predicted octanol–water partition coefficient (Wildman–Crippen LogP) is 3.00. The molecule has 5 nitrogen and oxygen atoms in total. The van der Waals surface area contributed by atoms with Crippen LogP contribution in [0.2, 0.25) is 0 Å². The number of carboxylic acids is 1. The lowest BCUT2D eigenvalue weighted by Crippen LogP contribution is -2.12. The molecule has 0 saturated heterocycles. The summed E-state index contributed by atoms with van der Waals surface area (Å²) < 4.78 is 2.09. The maximum absolute atomic E-state index is 10.7. The molecule has 0 aliphatic rings. The van der Waals surface area contributed by atoms with Gasteiger partial charge < -0.3 is 9.67 Å². The Labute approximate surface area is 126 Å². The molecule has 1 N–H and O–H groups in total. The molecule has 2 heterocycles. The molecular weight excluding hydrogens is 294 g/mol. The van der Waals surface area contributed by atoms with E-state index >= 15 is 0 Å². The molecule has 2 aromatic rings. The maximum Gasteiger partial charge on any atom is 0.313 e. The van der Waals surface area contributed by atoms with Gasteiger partial charge in [0.15, 0.2) is 5.16 Å². The lowest BCUT2D eigenvalue weighted by atomic mass is 10.3. The van der Waals surface area contributed by atoms with Crippen LogP contribution in [0, 0.1) is 6.92 Å². The van der Waals surface area contributed by atoms with E-state index in [2.05, 4.69) is 28.4 Å². The summed E-state index contributed by atoms with van der Waals surface area (Å²) >= 11 is 2.91. The Kier molecular flexibility index (Phi) is 4.82. The van der Waals surface area contributed by atoms with Gasteiger partial charge in [-0.25, -0.2) is 9.97 Å². The van der Waals surface area contributed by atoms with Crippen molar-refractivity contribution in [3.8, 4) is 0 Å². The third-order valence-electron chi connectivity index (χ3n) is 2.91. The van der Waals surface area contributed by atoms with Crippen molar-refractivity contribution >= 4 is 29.1 Å². The first-order valence-corrected chi connectivity index (χ1v) is 8.16. The highest BCUT2D eigenvalue weighted by Gasteiger charge is 2.19. The van der Waals surface area contributed by atoms with Gasteiger partial charge in [-0.2, -0.15) is 0 Å². The van der Waals surface area contributed by atoms with Gasteiger partial charge in [0.1, 0.15) is 5.01 Å². The Balaban J connectivity index is 2.32. The number of thioether (sulfide) groups is 1. The van der Waals surface area contributed by atoms with E-state index in [0.717, 1.165) is 22.3 Å². The molecule has 1 atom stereocenters. The van der Waals surface area contributed by atoms with Crippen molar-refractivity contribution in [3.63, 3.8) is 0 Å². The van der Waals surface area contributed by atoms with Gasteiger partial charge in [-0.3, -0.25) is 4.79 Å². The molecule has 2 rings (SSSR count). The molecular formula is C13H17N3O2S2. The summed E-state index contributed by atoms with van der Waals surface area (Å²) in [4.78, 5) is 20.7. The van der Waals surface area contributed by atoms with E-state index in [1.165, 1.54) is 16.6 Å². The third kappa shape index (κ3) is 3.21. The number of aromatic nitrogens is 3. The first-order chi connectivity index (χ1) is 9.52. The Hall–Kier alpha value is -1.34. The molecule has 2 aromatic heterocycles. The largest absolute Gasteiger partial charge is 0.481 e. The summed E-state index contributed by atoms with van der Waals surface area (Å²) in [6.45, 7) is 6.17. The number of thiazole rings is 1. The van der Waals surface area contributed by atoms with Crippen LogP contribution in [0.4, 0.5) is 0 Å². The minimum Gasteiger partial charge on any atom is -0.481 e. The zero-order valence-corrected chi connectivity index (χ0v) is 13.3. The molecule has 0 saturated carbocycles. The number of aryl methyl sites for hydroxylation is 2. The van der Waals surface area contributed by atoms with Gasteiger partial charge in [-0.05, 0) is 20.3 Å². The van der Waals surface area contributed by atoms with Crippen LogP contribution < -0.4 is 0 Å². The molecule has 0 amide bonds. The Bertz CT molecular complexity index is 607. The molecule has 20 heavy (non-hydrogen) atoms. The van der Waals surface area contributed by atoms with Gasteiger partial charge in [-0.1, -0.05) is 18.7 Å². The highest BCUT2D eigenvalue weighted by atomic mass is 32.2. The molecule has 108 valence electrons. The van der Waals surface area contributed by atoms with Crippen molar-refractivity contribution in [1.82, 2.24) is 14.5 Å². The summed E-state index contributed by atoms with van der Waals surface area (Å²) in [6, 6.07) is 0.0717. The highest BCUT2D eigenvalue weighted by Crippen LogP contribution is 2.29. The number of carbonyl (C=O) groups is 1. The molecule has 7 heteroatoms. The molecule has 0 aromatic carbocycles. The van der Waals surface area contributed by atoms with Crippen molar-refractivity contribution < 1.29 is 9.90 Å². The average Bonchev–Trinajstić information content (AvgIpc) is 3.01. The number of carboxylic acid groups (broad SMARTS) is 1. The maximum atomic E-state index is 10.7. The zero-order chi connectivity index (χ0) is 14.7. The molecule has 0 spiro atoms. The molecule has 0 bridgehead atoms.